The number of hydrogen-bond acceptors (Lipinski definition) is 4. The summed E-state index contributed by atoms with van der Waals surface area (Å²) in [5.41, 5.74) is 0. The van der Waals surface area contributed by atoms with Crippen molar-refractivity contribution in [3.63, 3.8) is 0 Å². The normalized spacial score (nSPS) is 24.4. The smallest absolute Gasteiger partial charge is 0.325 e. The number of carbonyl (C=O) groups is 2. The van der Waals surface area contributed by atoms with Gasteiger partial charge in [0, 0.05) is 18.6 Å². The summed E-state index contributed by atoms with van der Waals surface area (Å²) in [6.45, 7) is 5.10. The zero-order valence-electron chi connectivity index (χ0n) is 11.4. The second-order valence-electron chi connectivity index (χ2n) is 4.68. The molecule has 6 nitrogen and oxygen atoms in total. The van der Waals surface area contributed by atoms with Gasteiger partial charge in [0.2, 0.25) is 0 Å². The van der Waals surface area contributed by atoms with Gasteiger partial charge in [-0.15, -0.1) is 0 Å². The van der Waals surface area contributed by atoms with Gasteiger partial charge in [-0.25, -0.2) is 4.79 Å². The van der Waals surface area contributed by atoms with Crippen LogP contribution in [0.3, 0.4) is 0 Å². The Hall–Kier alpha value is -1.30. The van der Waals surface area contributed by atoms with Crippen LogP contribution in [0, 0.1) is 0 Å². The lowest BCUT2D eigenvalue weighted by Crippen LogP contribution is -2.50. The molecule has 1 aliphatic rings. The highest BCUT2D eigenvalue weighted by molar-refractivity contribution is 5.80. The van der Waals surface area contributed by atoms with Gasteiger partial charge in [0.1, 0.15) is 6.54 Å². The molecule has 0 aromatic heterocycles. The molecular formula is C12H23N3O3. The number of hydrogen-bond donors (Lipinski definition) is 2. The Balaban J connectivity index is 2.22. The summed E-state index contributed by atoms with van der Waals surface area (Å²) in [5.74, 6) is -0.413. The minimum absolute atomic E-state index is 0.0815. The van der Waals surface area contributed by atoms with Crippen LogP contribution in [-0.4, -0.2) is 55.7 Å². The minimum atomic E-state index is -0.413. The van der Waals surface area contributed by atoms with Crippen LogP contribution >= 0.6 is 0 Å². The lowest BCUT2D eigenvalue weighted by Gasteiger charge is -2.35. The fourth-order valence-electron chi connectivity index (χ4n) is 2.02. The van der Waals surface area contributed by atoms with Crippen molar-refractivity contribution >= 4 is 12.0 Å². The molecule has 0 aliphatic carbocycles. The van der Waals surface area contributed by atoms with E-state index in [0.717, 1.165) is 19.4 Å². The van der Waals surface area contributed by atoms with Crippen molar-refractivity contribution in [2.24, 2.45) is 0 Å². The standard InChI is InChI=1S/C12H23N3O3/c1-4-18-11(16)8-13-12(17)14-10-5-6-15(3)9(2)7-10/h9-10H,4-8H2,1-3H3,(H2,13,14,17). The summed E-state index contributed by atoms with van der Waals surface area (Å²) in [5, 5.41) is 5.39. The highest BCUT2D eigenvalue weighted by atomic mass is 16.5. The van der Waals surface area contributed by atoms with Gasteiger partial charge in [-0.3, -0.25) is 4.79 Å². The third kappa shape index (κ3) is 4.91. The van der Waals surface area contributed by atoms with E-state index in [4.69, 9.17) is 4.74 Å². The molecule has 2 atom stereocenters. The molecule has 1 heterocycles. The molecule has 0 aromatic rings. The van der Waals surface area contributed by atoms with Crippen LogP contribution in [0.5, 0.6) is 0 Å². The summed E-state index contributed by atoms with van der Waals surface area (Å²) in [6, 6.07) is 0.345. The van der Waals surface area contributed by atoms with Crippen LogP contribution in [0.15, 0.2) is 0 Å². The van der Waals surface area contributed by atoms with Crippen LogP contribution in [-0.2, 0) is 9.53 Å². The van der Waals surface area contributed by atoms with Crippen molar-refractivity contribution in [1.29, 1.82) is 0 Å². The Morgan fingerprint density at radius 2 is 2.17 bits per heavy atom. The van der Waals surface area contributed by atoms with Gasteiger partial charge in [0.15, 0.2) is 0 Å². The number of nitrogens with zero attached hydrogens (tertiary/aromatic N) is 1. The first-order valence-corrected chi connectivity index (χ1v) is 6.43. The molecule has 2 amide bonds. The van der Waals surface area contributed by atoms with Gasteiger partial charge >= 0.3 is 12.0 Å². The van der Waals surface area contributed by atoms with Crippen molar-refractivity contribution in [2.45, 2.75) is 38.8 Å². The van der Waals surface area contributed by atoms with Crippen LogP contribution in [0.4, 0.5) is 4.79 Å². The average molecular weight is 257 g/mol. The largest absolute Gasteiger partial charge is 0.465 e. The molecule has 0 saturated carbocycles. The number of ether oxygens (including phenoxy) is 1. The second-order valence-corrected chi connectivity index (χ2v) is 4.68. The zero-order valence-corrected chi connectivity index (χ0v) is 11.4. The number of nitrogens with one attached hydrogen (secondary N) is 2. The molecule has 1 aliphatic heterocycles. The molecule has 1 rings (SSSR count). The molecule has 2 N–H and O–H groups in total. The molecule has 0 bridgehead atoms. The third-order valence-electron chi connectivity index (χ3n) is 3.24. The van der Waals surface area contributed by atoms with Gasteiger partial charge in [-0.05, 0) is 33.7 Å². The fourth-order valence-corrected chi connectivity index (χ4v) is 2.02. The van der Waals surface area contributed by atoms with Crippen LogP contribution in [0.1, 0.15) is 26.7 Å². The third-order valence-corrected chi connectivity index (χ3v) is 3.24. The van der Waals surface area contributed by atoms with E-state index in [1.807, 2.05) is 0 Å². The lowest BCUT2D eigenvalue weighted by atomic mass is 9.99. The van der Waals surface area contributed by atoms with Crippen molar-refractivity contribution < 1.29 is 14.3 Å². The van der Waals surface area contributed by atoms with Gasteiger partial charge in [-0.1, -0.05) is 0 Å². The monoisotopic (exact) mass is 257 g/mol. The van der Waals surface area contributed by atoms with Crippen molar-refractivity contribution in [2.75, 3.05) is 26.7 Å². The number of likely N-dealkylation sites (tertiary alicyclic amines) is 1. The first-order valence-electron chi connectivity index (χ1n) is 6.43. The molecule has 1 fully saturated rings. The van der Waals surface area contributed by atoms with Gasteiger partial charge in [0.05, 0.1) is 6.61 Å². The highest BCUT2D eigenvalue weighted by Gasteiger charge is 2.23. The van der Waals surface area contributed by atoms with Crippen molar-refractivity contribution in [3.05, 3.63) is 0 Å². The Kier molecular flexibility index (Phi) is 5.91. The first kappa shape index (κ1) is 14.8. The maximum Gasteiger partial charge on any atom is 0.325 e. The van der Waals surface area contributed by atoms with E-state index in [1.54, 1.807) is 6.92 Å². The van der Waals surface area contributed by atoms with E-state index in [-0.39, 0.29) is 18.6 Å². The van der Waals surface area contributed by atoms with Crippen LogP contribution in [0.2, 0.25) is 0 Å². The molecule has 0 aromatic carbocycles. The van der Waals surface area contributed by atoms with Crippen molar-refractivity contribution in [3.8, 4) is 0 Å². The molecule has 1 saturated heterocycles. The zero-order chi connectivity index (χ0) is 13.5. The van der Waals surface area contributed by atoms with E-state index in [1.165, 1.54) is 0 Å². The van der Waals surface area contributed by atoms with Crippen LogP contribution < -0.4 is 10.6 Å². The van der Waals surface area contributed by atoms with E-state index >= 15 is 0 Å². The maximum absolute atomic E-state index is 11.6. The second kappa shape index (κ2) is 7.20. The summed E-state index contributed by atoms with van der Waals surface area (Å²) >= 11 is 0. The number of carbonyl (C=O) groups excluding carboxylic acids is 2. The molecule has 18 heavy (non-hydrogen) atoms. The topological polar surface area (TPSA) is 70.7 Å². The number of urea groups is 1. The van der Waals surface area contributed by atoms with Gasteiger partial charge in [-0.2, -0.15) is 0 Å². The average Bonchev–Trinajstić information content (AvgIpc) is 2.32. The molecule has 0 spiro atoms. The van der Waals surface area contributed by atoms with Gasteiger partial charge < -0.3 is 20.3 Å². The predicted octanol–water partition coefficient (Wildman–Crippen LogP) is 0.331. The number of rotatable bonds is 4. The van der Waals surface area contributed by atoms with E-state index in [2.05, 4.69) is 29.5 Å². The Morgan fingerprint density at radius 3 is 2.78 bits per heavy atom. The fraction of sp³-hybridized carbons (Fsp3) is 0.833. The Labute approximate surface area is 108 Å². The Morgan fingerprint density at radius 1 is 1.44 bits per heavy atom. The minimum Gasteiger partial charge on any atom is -0.465 e. The predicted molar refractivity (Wildman–Crippen MR) is 68.3 cm³/mol. The molecule has 6 heteroatoms. The Bertz CT molecular complexity index is 296. The lowest BCUT2D eigenvalue weighted by molar-refractivity contribution is -0.141. The quantitative estimate of drug-likeness (QED) is 0.712. The van der Waals surface area contributed by atoms with Gasteiger partial charge in [0.25, 0.3) is 0 Å². The van der Waals surface area contributed by atoms with E-state index < -0.39 is 5.97 Å². The molecular weight excluding hydrogens is 234 g/mol. The SMILES string of the molecule is CCOC(=O)CNC(=O)NC1CCN(C)C(C)C1. The summed E-state index contributed by atoms with van der Waals surface area (Å²) < 4.78 is 4.73. The maximum atomic E-state index is 11.6. The first-order chi connectivity index (χ1) is 8.52. The number of piperidine rings is 1. The summed E-state index contributed by atoms with van der Waals surface area (Å²) in [6.07, 6.45) is 1.87. The summed E-state index contributed by atoms with van der Waals surface area (Å²) in [7, 11) is 2.09. The van der Waals surface area contributed by atoms with Crippen molar-refractivity contribution in [1.82, 2.24) is 15.5 Å². The van der Waals surface area contributed by atoms with E-state index in [0.29, 0.717) is 12.6 Å². The number of esters is 1. The summed E-state index contributed by atoms with van der Waals surface area (Å²) in [4.78, 5) is 24.9. The number of amides is 2. The highest BCUT2D eigenvalue weighted by Crippen LogP contribution is 2.14. The molecule has 104 valence electrons. The molecule has 0 radical (unpaired) electrons. The van der Waals surface area contributed by atoms with E-state index in [9.17, 15) is 9.59 Å². The van der Waals surface area contributed by atoms with Crippen LogP contribution in [0.25, 0.3) is 0 Å². The molecule has 2 unspecified atom stereocenters.